The van der Waals surface area contributed by atoms with E-state index in [-0.39, 0.29) is 11.9 Å². The second-order valence-electron chi connectivity index (χ2n) is 5.58. The van der Waals surface area contributed by atoms with E-state index in [0.717, 1.165) is 11.5 Å². The van der Waals surface area contributed by atoms with Crippen molar-refractivity contribution in [3.05, 3.63) is 35.6 Å². The lowest BCUT2D eigenvalue weighted by atomic mass is 9.84. The minimum absolute atomic E-state index is 0.142. The normalized spacial score (nSPS) is 25.9. The molecule has 0 amide bonds. The molecule has 0 aromatic heterocycles. The number of benzene rings is 1. The van der Waals surface area contributed by atoms with E-state index < -0.39 is 0 Å². The van der Waals surface area contributed by atoms with Gasteiger partial charge in [-0.05, 0) is 43.4 Å². The van der Waals surface area contributed by atoms with Gasteiger partial charge < -0.3 is 5.32 Å². The Morgan fingerprint density at radius 3 is 2.94 bits per heavy atom. The molecule has 100 valence electrons. The van der Waals surface area contributed by atoms with E-state index in [1.54, 1.807) is 12.1 Å². The van der Waals surface area contributed by atoms with Crippen LogP contribution in [0, 0.1) is 11.7 Å². The number of hydrogen-bond acceptors (Lipinski definition) is 1. The zero-order chi connectivity index (χ0) is 13.0. The van der Waals surface area contributed by atoms with Crippen molar-refractivity contribution < 1.29 is 4.39 Å². The van der Waals surface area contributed by atoms with Crippen LogP contribution >= 0.6 is 0 Å². The standard InChI is InChI=1S/C16H24FN/c1-3-13-6-4-9-16(10-13)18-12(2)14-7-5-8-15(17)11-14/h5,7-8,11-13,16,18H,3-4,6,9-10H2,1-2H3. The fourth-order valence-corrected chi connectivity index (χ4v) is 3.04. The van der Waals surface area contributed by atoms with Crippen LogP contribution in [0.25, 0.3) is 0 Å². The molecule has 2 heteroatoms. The Morgan fingerprint density at radius 1 is 1.39 bits per heavy atom. The fourth-order valence-electron chi connectivity index (χ4n) is 3.04. The molecule has 18 heavy (non-hydrogen) atoms. The van der Waals surface area contributed by atoms with Crippen LogP contribution in [-0.2, 0) is 0 Å². The number of hydrogen-bond donors (Lipinski definition) is 1. The van der Waals surface area contributed by atoms with Gasteiger partial charge in [0.25, 0.3) is 0 Å². The highest BCUT2D eigenvalue weighted by atomic mass is 19.1. The Hall–Kier alpha value is -0.890. The third-order valence-corrected chi connectivity index (χ3v) is 4.19. The van der Waals surface area contributed by atoms with Crippen LogP contribution in [0.5, 0.6) is 0 Å². The summed E-state index contributed by atoms with van der Waals surface area (Å²) < 4.78 is 13.2. The van der Waals surface area contributed by atoms with Gasteiger partial charge in [-0.25, -0.2) is 4.39 Å². The lowest BCUT2D eigenvalue weighted by molar-refractivity contribution is 0.266. The average molecular weight is 249 g/mol. The lowest BCUT2D eigenvalue weighted by Crippen LogP contribution is -2.35. The largest absolute Gasteiger partial charge is 0.307 e. The van der Waals surface area contributed by atoms with Crippen LogP contribution in [0.15, 0.2) is 24.3 Å². The van der Waals surface area contributed by atoms with E-state index in [2.05, 4.69) is 19.2 Å². The van der Waals surface area contributed by atoms with Gasteiger partial charge in [-0.3, -0.25) is 0 Å². The minimum atomic E-state index is -0.142. The maximum Gasteiger partial charge on any atom is 0.123 e. The molecule has 3 atom stereocenters. The molecule has 1 saturated carbocycles. The molecule has 0 radical (unpaired) electrons. The van der Waals surface area contributed by atoms with Gasteiger partial charge in [0.2, 0.25) is 0 Å². The first kappa shape index (κ1) is 13.5. The van der Waals surface area contributed by atoms with E-state index in [4.69, 9.17) is 0 Å². The Morgan fingerprint density at radius 2 is 2.22 bits per heavy atom. The molecule has 1 nitrogen and oxygen atoms in total. The van der Waals surface area contributed by atoms with Gasteiger partial charge in [0.1, 0.15) is 5.82 Å². The van der Waals surface area contributed by atoms with Gasteiger partial charge in [0.15, 0.2) is 0 Å². The van der Waals surface area contributed by atoms with Crippen molar-refractivity contribution in [2.45, 2.75) is 58.0 Å². The molecule has 0 spiro atoms. The van der Waals surface area contributed by atoms with Gasteiger partial charge >= 0.3 is 0 Å². The highest BCUT2D eigenvalue weighted by molar-refractivity contribution is 5.19. The van der Waals surface area contributed by atoms with Crippen LogP contribution < -0.4 is 5.32 Å². The molecule has 1 aromatic rings. The average Bonchev–Trinajstić information content (AvgIpc) is 2.39. The van der Waals surface area contributed by atoms with Crippen molar-refractivity contribution in [3.63, 3.8) is 0 Å². The summed E-state index contributed by atoms with van der Waals surface area (Å²) in [7, 11) is 0. The number of halogens is 1. The predicted octanol–water partition coefficient (Wildman–Crippen LogP) is 4.45. The Kier molecular flexibility index (Phi) is 4.76. The summed E-state index contributed by atoms with van der Waals surface area (Å²) in [4.78, 5) is 0. The maximum absolute atomic E-state index is 13.2. The third kappa shape index (κ3) is 3.55. The zero-order valence-corrected chi connectivity index (χ0v) is 11.5. The highest BCUT2D eigenvalue weighted by Gasteiger charge is 2.22. The lowest BCUT2D eigenvalue weighted by Gasteiger charge is -2.31. The molecule has 1 aliphatic rings. The van der Waals surface area contributed by atoms with Crippen LogP contribution in [0.2, 0.25) is 0 Å². The van der Waals surface area contributed by atoms with Crippen molar-refractivity contribution >= 4 is 0 Å². The second-order valence-corrected chi connectivity index (χ2v) is 5.58. The van der Waals surface area contributed by atoms with Crippen molar-refractivity contribution in [1.82, 2.24) is 5.32 Å². The molecule has 1 N–H and O–H groups in total. The third-order valence-electron chi connectivity index (χ3n) is 4.19. The molecule has 1 aromatic carbocycles. The Bertz CT molecular complexity index is 377. The first-order valence-corrected chi connectivity index (χ1v) is 7.20. The molecule has 0 heterocycles. The van der Waals surface area contributed by atoms with Crippen molar-refractivity contribution in [1.29, 1.82) is 0 Å². The van der Waals surface area contributed by atoms with Crippen LogP contribution in [-0.4, -0.2) is 6.04 Å². The molecule has 0 bridgehead atoms. The second kappa shape index (κ2) is 6.33. The molecule has 1 fully saturated rings. The van der Waals surface area contributed by atoms with E-state index in [0.29, 0.717) is 6.04 Å². The summed E-state index contributed by atoms with van der Waals surface area (Å²) in [5.41, 5.74) is 1.05. The maximum atomic E-state index is 13.2. The summed E-state index contributed by atoms with van der Waals surface area (Å²) in [5, 5.41) is 3.66. The van der Waals surface area contributed by atoms with E-state index >= 15 is 0 Å². The van der Waals surface area contributed by atoms with E-state index in [9.17, 15) is 4.39 Å². The molecular weight excluding hydrogens is 225 g/mol. The Labute approximate surface area is 110 Å². The Balaban J connectivity index is 1.92. The molecule has 2 rings (SSSR count). The summed E-state index contributed by atoms with van der Waals surface area (Å²) >= 11 is 0. The minimum Gasteiger partial charge on any atom is -0.307 e. The SMILES string of the molecule is CCC1CCCC(NC(C)c2cccc(F)c2)C1. The smallest absolute Gasteiger partial charge is 0.123 e. The van der Waals surface area contributed by atoms with Gasteiger partial charge in [-0.15, -0.1) is 0 Å². The topological polar surface area (TPSA) is 12.0 Å². The van der Waals surface area contributed by atoms with Crippen LogP contribution in [0.1, 0.15) is 57.6 Å². The van der Waals surface area contributed by atoms with Gasteiger partial charge in [-0.2, -0.15) is 0 Å². The van der Waals surface area contributed by atoms with Crippen LogP contribution in [0.4, 0.5) is 4.39 Å². The first-order valence-electron chi connectivity index (χ1n) is 7.20. The summed E-state index contributed by atoms with van der Waals surface area (Å²) in [6.07, 6.45) is 6.52. The van der Waals surface area contributed by atoms with Crippen LogP contribution in [0.3, 0.4) is 0 Å². The molecular formula is C16H24FN. The van der Waals surface area contributed by atoms with Gasteiger partial charge in [0, 0.05) is 12.1 Å². The van der Waals surface area contributed by atoms with E-state index in [1.165, 1.54) is 38.2 Å². The number of rotatable bonds is 4. The molecule has 0 saturated heterocycles. The monoisotopic (exact) mass is 249 g/mol. The fraction of sp³-hybridized carbons (Fsp3) is 0.625. The number of nitrogens with one attached hydrogen (secondary N) is 1. The summed E-state index contributed by atoms with van der Waals surface area (Å²) in [5.74, 6) is 0.729. The summed E-state index contributed by atoms with van der Waals surface area (Å²) in [6.45, 7) is 4.41. The van der Waals surface area contributed by atoms with Crippen molar-refractivity contribution in [3.8, 4) is 0 Å². The summed E-state index contributed by atoms with van der Waals surface area (Å²) in [6, 6.07) is 7.77. The zero-order valence-electron chi connectivity index (χ0n) is 11.5. The van der Waals surface area contributed by atoms with Crippen molar-refractivity contribution in [2.24, 2.45) is 5.92 Å². The molecule has 1 aliphatic carbocycles. The molecule has 0 aliphatic heterocycles. The highest BCUT2D eigenvalue weighted by Crippen LogP contribution is 2.28. The molecule has 3 unspecified atom stereocenters. The van der Waals surface area contributed by atoms with E-state index in [1.807, 2.05) is 6.07 Å². The van der Waals surface area contributed by atoms with Gasteiger partial charge in [0.05, 0.1) is 0 Å². The van der Waals surface area contributed by atoms with Gasteiger partial charge in [-0.1, -0.05) is 38.3 Å². The quantitative estimate of drug-likeness (QED) is 0.831. The first-order chi connectivity index (χ1) is 8.69. The van der Waals surface area contributed by atoms with Crippen molar-refractivity contribution in [2.75, 3.05) is 0 Å². The predicted molar refractivity (Wildman–Crippen MR) is 74.0 cm³/mol.